The van der Waals surface area contributed by atoms with Crippen LogP contribution in [0.15, 0.2) is 28.7 Å². The summed E-state index contributed by atoms with van der Waals surface area (Å²) in [6, 6.07) is 7.62. The maximum atomic E-state index is 9.15. The molecule has 2 aromatic heterocycles. The topological polar surface area (TPSA) is 72.0 Å². The summed E-state index contributed by atoms with van der Waals surface area (Å²) in [6.07, 6.45) is 0. The van der Waals surface area contributed by atoms with E-state index < -0.39 is 0 Å². The highest BCUT2D eigenvalue weighted by Gasteiger charge is 2.08. The Morgan fingerprint density at radius 1 is 1.11 bits per heavy atom. The van der Waals surface area contributed by atoms with E-state index in [4.69, 9.17) is 9.52 Å². The third-order valence-corrected chi connectivity index (χ3v) is 2.83. The van der Waals surface area contributed by atoms with Crippen LogP contribution in [0.2, 0.25) is 0 Å². The molecular formula is C14H13N3O2. The van der Waals surface area contributed by atoms with Crippen LogP contribution in [-0.4, -0.2) is 20.1 Å². The zero-order chi connectivity index (χ0) is 13.4. The predicted octanol–water partition coefficient (Wildman–Crippen LogP) is 2.39. The summed E-state index contributed by atoms with van der Waals surface area (Å²) in [5, 5.41) is 9.15. The second-order valence-corrected chi connectivity index (χ2v) is 4.38. The van der Waals surface area contributed by atoms with Crippen molar-refractivity contribution < 1.29 is 9.52 Å². The Labute approximate surface area is 110 Å². The second kappa shape index (κ2) is 4.44. The molecule has 0 atom stereocenters. The molecule has 5 heteroatoms. The van der Waals surface area contributed by atoms with Gasteiger partial charge in [0.15, 0.2) is 17.3 Å². The summed E-state index contributed by atoms with van der Waals surface area (Å²) in [7, 11) is 0. The van der Waals surface area contributed by atoms with Crippen molar-refractivity contribution in [2.24, 2.45) is 0 Å². The Kier molecular flexibility index (Phi) is 2.76. The number of oxazole rings is 1. The quantitative estimate of drug-likeness (QED) is 0.761. The first-order chi connectivity index (χ1) is 9.15. The highest BCUT2D eigenvalue weighted by molar-refractivity contribution is 5.79. The first-order valence-electron chi connectivity index (χ1n) is 5.99. The minimum Gasteiger partial charge on any atom is -0.441 e. The molecule has 0 bridgehead atoms. The van der Waals surface area contributed by atoms with Crippen LogP contribution in [0.3, 0.4) is 0 Å². The van der Waals surface area contributed by atoms with Crippen LogP contribution in [0.25, 0.3) is 22.4 Å². The van der Waals surface area contributed by atoms with Crippen LogP contribution >= 0.6 is 0 Å². The molecule has 5 nitrogen and oxygen atoms in total. The third kappa shape index (κ3) is 2.20. The number of aryl methyl sites for hydroxylation is 2. The molecular weight excluding hydrogens is 242 g/mol. The largest absolute Gasteiger partial charge is 0.441 e. The summed E-state index contributed by atoms with van der Waals surface area (Å²) in [5.74, 6) is 1.06. The van der Waals surface area contributed by atoms with Crippen molar-refractivity contribution in [2.75, 3.05) is 0 Å². The number of aromatic nitrogens is 3. The Hall–Kier alpha value is -2.27. The van der Waals surface area contributed by atoms with Gasteiger partial charge in [0.05, 0.1) is 5.69 Å². The molecule has 96 valence electrons. The van der Waals surface area contributed by atoms with E-state index in [1.54, 1.807) is 0 Å². The summed E-state index contributed by atoms with van der Waals surface area (Å²) in [4.78, 5) is 12.7. The summed E-state index contributed by atoms with van der Waals surface area (Å²) < 4.78 is 5.51. The molecule has 0 amide bonds. The van der Waals surface area contributed by atoms with Crippen molar-refractivity contribution in [3.05, 3.63) is 41.7 Å². The molecule has 1 aromatic carbocycles. The Morgan fingerprint density at radius 2 is 1.95 bits per heavy atom. The number of hydrogen-bond donors (Lipinski definition) is 1. The molecule has 0 radical (unpaired) electrons. The Bertz CT molecular complexity index is 750. The summed E-state index contributed by atoms with van der Waals surface area (Å²) >= 11 is 0. The van der Waals surface area contributed by atoms with Gasteiger partial charge in [0.25, 0.3) is 0 Å². The fourth-order valence-electron chi connectivity index (χ4n) is 2.05. The van der Waals surface area contributed by atoms with E-state index >= 15 is 0 Å². The number of rotatable bonds is 2. The molecule has 1 N–H and O–H groups in total. The van der Waals surface area contributed by atoms with Gasteiger partial charge in [-0.1, -0.05) is 6.07 Å². The van der Waals surface area contributed by atoms with Crippen molar-refractivity contribution in [2.45, 2.75) is 20.5 Å². The van der Waals surface area contributed by atoms with E-state index in [2.05, 4.69) is 15.0 Å². The van der Waals surface area contributed by atoms with Crippen molar-refractivity contribution >= 4 is 11.1 Å². The molecule has 0 spiro atoms. The molecule has 2 heterocycles. The Balaban J connectivity index is 2.15. The zero-order valence-corrected chi connectivity index (χ0v) is 10.7. The minimum atomic E-state index is -0.168. The van der Waals surface area contributed by atoms with Crippen LogP contribution in [0, 0.1) is 13.8 Å². The molecule has 3 rings (SSSR count). The fraction of sp³-hybridized carbons (Fsp3) is 0.214. The second-order valence-electron chi connectivity index (χ2n) is 4.38. The van der Waals surface area contributed by atoms with Gasteiger partial charge in [0, 0.05) is 18.2 Å². The number of benzene rings is 1. The number of aliphatic hydroxyl groups excluding tert-OH is 1. The Morgan fingerprint density at radius 3 is 2.74 bits per heavy atom. The molecule has 0 unspecified atom stereocenters. The lowest BCUT2D eigenvalue weighted by molar-refractivity contribution is 0.271. The molecule has 19 heavy (non-hydrogen) atoms. The lowest BCUT2D eigenvalue weighted by atomic mass is 10.1. The van der Waals surface area contributed by atoms with Gasteiger partial charge in [-0.2, -0.15) is 0 Å². The monoisotopic (exact) mass is 255 g/mol. The van der Waals surface area contributed by atoms with Gasteiger partial charge in [0.1, 0.15) is 12.1 Å². The number of aliphatic hydroxyl groups is 1. The van der Waals surface area contributed by atoms with Gasteiger partial charge in [-0.3, -0.25) is 0 Å². The highest BCUT2D eigenvalue weighted by atomic mass is 16.3. The average molecular weight is 255 g/mol. The summed E-state index contributed by atoms with van der Waals surface area (Å²) in [5.41, 5.74) is 4.07. The normalized spacial score (nSPS) is 11.1. The maximum absolute atomic E-state index is 9.15. The van der Waals surface area contributed by atoms with Crippen molar-refractivity contribution in [1.82, 2.24) is 15.0 Å². The lowest BCUT2D eigenvalue weighted by Gasteiger charge is -2.04. The van der Waals surface area contributed by atoms with Crippen LogP contribution in [0.1, 0.15) is 17.4 Å². The van der Waals surface area contributed by atoms with Crippen LogP contribution < -0.4 is 0 Å². The molecule has 0 fully saturated rings. The van der Waals surface area contributed by atoms with Crippen molar-refractivity contribution in [3.63, 3.8) is 0 Å². The minimum absolute atomic E-state index is 0.168. The average Bonchev–Trinajstić information content (AvgIpc) is 2.76. The highest BCUT2D eigenvalue weighted by Crippen LogP contribution is 2.24. The van der Waals surface area contributed by atoms with E-state index in [1.165, 1.54) is 0 Å². The summed E-state index contributed by atoms with van der Waals surface area (Å²) in [6.45, 7) is 3.53. The molecule has 0 saturated heterocycles. The van der Waals surface area contributed by atoms with Gasteiger partial charge in [-0.25, -0.2) is 15.0 Å². The van der Waals surface area contributed by atoms with E-state index in [9.17, 15) is 0 Å². The van der Waals surface area contributed by atoms with Gasteiger partial charge in [0.2, 0.25) is 0 Å². The van der Waals surface area contributed by atoms with E-state index in [0.717, 1.165) is 28.1 Å². The van der Waals surface area contributed by atoms with Gasteiger partial charge < -0.3 is 9.52 Å². The smallest absolute Gasteiger partial charge is 0.192 e. The van der Waals surface area contributed by atoms with Crippen LogP contribution in [-0.2, 0) is 6.61 Å². The molecule has 0 aliphatic heterocycles. The van der Waals surface area contributed by atoms with Crippen LogP contribution in [0.5, 0.6) is 0 Å². The first-order valence-corrected chi connectivity index (χ1v) is 5.99. The fourth-order valence-corrected chi connectivity index (χ4v) is 2.05. The van der Waals surface area contributed by atoms with E-state index in [1.807, 2.05) is 38.1 Å². The lowest BCUT2D eigenvalue weighted by Crippen LogP contribution is -1.98. The third-order valence-electron chi connectivity index (χ3n) is 2.83. The van der Waals surface area contributed by atoms with E-state index in [0.29, 0.717) is 11.7 Å². The number of nitrogens with zero attached hydrogens (tertiary/aromatic N) is 3. The van der Waals surface area contributed by atoms with Crippen molar-refractivity contribution in [1.29, 1.82) is 0 Å². The predicted molar refractivity (Wildman–Crippen MR) is 70.4 cm³/mol. The molecule has 3 aromatic rings. The maximum Gasteiger partial charge on any atom is 0.192 e. The SMILES string of the molecule is Cc1cc(-c2ccc3nc(C)oc3c2)nc(CO)n1. The standard InChI is InChI=1S/C14H13N3O2/c1-8-5-12(17-14(7-18)15-8)10-3-4-11-13(6-10)19-9(2)16-11/h3-6,18H,7H2,1-2H3. The van der Waals surface area contributed by atoms with Gasteiger partial charge in [-0.05, 0) is 25.1 Å². The van der Waals surface area contributed by atoms with E-state index in [-0.39, 0.29) is 6.61 Å². The van der Waals surface area contributed by atoms with Gasteiger partial charge >= 0.3 is 0 Å². The zero-order valence-electron chi connectivity index (χ0n) is 10.7. The van der Waals surface area contributed by atoms with Gasteiger partial charge in [-0.15, -0.1) is 0 Å². The van der Waals surface area contributed by atoms with Crippen molar-refractivity contribution in [3.8, 4) is 11.3 Å². The molecule has 0 saturated carbocycles. The first kappa shape index (κ1) is 11.8. The van der Waals surface area contributed by atoms with Crippen LogP contribution in [0.4, 0.5) is 0 Å². The number of hydrogen-bond acceptors (Lipinski definition) is 5. The molecule has 0 aliphatic carbocycles. The molecule has 0 aliphatic rings. The number of fused-ring (bicyclic) bond motifs is 1.